The molecular formula is C15H18ClN3OS. The maximum absolute atomic E-state index is 12.6. The molecule has 0 spiro atoms. The molecule has 0 aromatic carbocycles. The molecule has 21 heavy (non-hydrogen) atoms. The second kappa shape index (κ2) is 7.54. The first-order valence-electron chi connectivity index (χ1n) is 6.64. The van der Waals surface area contributed by atoms with Crippen LogP contribution < -0.4 is 0 Å². The van der Waals surface area contributed by atoms with E-state index in [1.807, 2.05) is 36.5 Å². The first kappa shape index (κ1) is 15.9. The van der Waals surface area contributed by atoms with Crippen molar-refractivity contribution in [1.29, 1.82) is 0 Å². The van der Waals surface area contributed by atoms with Crippen LogP contribution in [0.2, 0.25) is 5.02 Å². The average Bonchev–Trinajstić information content (AvgIpc) is 2.96. The lowest BCUT2D eigenvalue weighted by atomic mass is 10.3. The highest BCUT2D eigenvalue weighted by molar-refractivity contribution is 7.09. The van der Waals surface area contributed by atoms with E-state index in [9.17, 15) is 4.79 Å². The molecule has 2 aromatic heterocycles. The first-order chi connectivity index (χ1) is 10.1. The van der Waals surface area contributed by atoms with E-state index in [0.717, 1.165) is 11.4 Å². The van der Waals surface area contributed by atoms with Gasteiger partial charge in [-0.05, 0) is 37.7 Å². The molecule has 0 unspecified atom stereocenters. The van der Waals surface area contributed by atoms with Crippen molar-refractivity contribution in [2.45, 2.75) is 6.54 Å². The van der Waals surface area contributed by atoms with E-state index in [2.05, 4.69) is 9.88 Å². The zero-order valence-corrected chi connectivity index (χ0v) is 13.7. The largest absolute Gasteiger partial charge is 0.331 e. The molecule has 0 N–H and O–H groups in total. The predicted octanol–water partition coefficient (Wildman–Crippen LogP) is 3.00. The summed E-state index contributed by atoms with van der Waals surface area (Å²) in [7, 11) is 3.99. The van der Waals surface area contributed by atoms with Crippen LogP contribution in [0.5, 0.6) is 0 Å². The number of hydrogen-bond acceptors (Lipinski definition) is 4. The normalized spacial score (nSPS) is 10.9. The second-order valence-corrected chi connectivity index (χ2v) is 6.44. The number of likely N-dealkylation sites (N-methyl/N-ethyl adjacent to an activating group) is 1. The standard InChI is InChI=1S/C15H18ClN3OS/c1-18(2)7-8-19(11-13-4-3-9-21-13)15(20)14-6-5-12(16)10-17-14/h3-6,9-10H,7-8,11H2,1-2H3. The number of hydrogen-bond donors (Lipinski definition) is 0. The number of rotatable bonds is 6. The van der Waals surface area contributed by atoms with Gasteiger partial charge in [0.2, 0.25) is 0 Å². The van der Waals surface area contributed by atoms with Gasteiger partial charge < -0.3 is 9.80 Å². The quantitative estimate of drug-likeness (QED) is 0.820. The Labute approximate surface area is 134 Å². The van der Waals surface area contributed by atoms with Crippen LogP contribution in [0.1, 0.15) is 15.4 Å². The lowest BCUT2D eigenvalue weighted by Crippen LogP contribution is -2.36. The summed E-state index contributed by atoms with van der Waals surface area (Å²) in [4.78, 5) is 21.8. The topological polar surface area (TPSA) is 36.4 Å². The summed E-state index contributed by atoms with van der Waals surface area (Å²) in [6.45, 7) is 2.08. The summed E-state index contributed by atoms with van der Waals surface area (Å²) in [5, 5.41) is 2.55. The molecule has 0 atom stereocenters. The first-order valence-corrected chi connectivity index (χ1v) is 7.90. The molecule has 6 heteroatoms. The van der Waals surface area contributed by atoms with Gasteiger partial charge in [0.25, 0.3) is 5.91 Å². The number of amides is 1. The van der Waals surface area contributed by atoms with Crippen LogP contribution in [0, 0.1) is 0 Å². The van der Waals surface area contributed by atoms with E-state index < -0.39 is 0 Å². The molecule has 1 amide bonds. The van der Waals surface area contributed by atoms with Crippen LogP contribution in [0.4, 0.5) is 0 Å². The van der Waals surface area contributed by atoms with E-state index >= 15 is 0 Å². The van der Waals surface area contributed by atoms with Crippen LogP contribution in [0.25, 0.3) is 0 Å². The molecule has 0 bridgehead atoms. The lowest BCUT2D eigenvalue weighted by Gasteiger charge is -2.23. The van der Waals surface area contributed by atoms with Crippen LogP contribution in [-0.2, 0) is 6.54 Å². The Balaban J connectivity index is 2.12. The molecule has 2 aromatic rings. The highest BCUT2D eigenvalue weighted by atomic mass is 35.5. The highest BCUT2D eigenvalue weighted by Crippen LogP contribution is 2.14. The van der Waals surface area contributed by atoms with Crippen molar-refractivity contribution in [2.24, 2.45) is 0 Å². The fourth-order valence-corrected chi connectivity index (χ4v) is 2.66. The van der Waals surface area contributed by atoms with Gasteiger partial charge in [-0.2, -0.15) is 0 Å². The van der Waals surface area contributed by atoms with Crippen LogP contribution in [-0.4, -0.2) is 47.9 Å². The van der Waals surface area contributed by atoms with Crippen molar-refractivity contribution in [2.75, 3.05) is 27.2 Å². The monoisotopic (exact) mass is 323 g/mol. The third-order valence-corrected chi connectivity index (χ3v) is 4.06. The summed E-state index contributed by atoms with van der Waals surface area (Å²) in [6.07, 6.45) is 1.50. The van der Waals surface area contributed by atoms with Crippen molar-refractivity contribution in [3.05, 3.63) is 51.4 Å². The van der Waals surface area contributed by atoms with E-state index in [-0.39, 0.29) is 5.91 Å². The number of nitrogens with zero attached hydrogens (tertiary/aromatic N) is 3. The Morgan fingerprint density at radius 3 is 2.67 bits per heavy atom. The van der Waals surface area contributed by atoms with Crippen molar-refractivity contribution < 1.29 is 4.79 Å². The maximum Gasteiger partial charge on any atom is 0.272 e. The minimum atomic E-state index is -0.0677. The summed E-state index contributed by atoms with van der Waals surface area (Å²) in [6, 6.07) is 7.39. The molecule has 0 aliphatic heterocycles. The number of thiophene rings is 1. The van der Waals surface area contributed by atoms with E-state index in [1.165, 1.54) is 6.20 Å². The number of pyridine rings is 1. The van der Waals surface area contributed by atoms with Crippen molar-refractivity contribution in [3.8, 4) is 0 Å². The van der Waals surface area contributed by atoms with Crippen LogP contribution in [0.15, 0.2) is 35.8 Å². The van der Waals surface area contributed by atoms with Gasteiger partial charge in [0.1, 0.15) is 5.69 Å². The van der Waals surface area contributed by atoms with E-state index in [1.54, 1.807) is 23.5 Å². The minimum Gasteiger partial charge on any atom is -0.331 e. The third kappa shape index (κ3) is 4.81. The van der Waals surface area contributed by atoms with Crippen molar-refractivity contribution in [1.82, 2.24) is 14.8 Å². The molecular weight excluding hydrogens is 306 g/mol. The molecule has 0 fully saturated rings. The molecule has 0 aliphatic carbocycles. The average molecular weight is 324 g/mol. The smallest absolute Gasteiger partial charge is 0.272 e. The summed E-state index contributed by atoms with van der Waals surface area (Å²) in [5.74, 6) is -0.0677. The van der Waals surface area contributed by atoms with Gasteiger partial charge in [-0.25, -0.2) is 4.98 Å². The zero-order valence-electron chi connectivity index (χ0n) is 12.1. The van der Waals surface area contributed by atoms with E-state index in [0.29, 0.717) is 23.8 Å². The molecule has 0 radical (unpaired) electrons. The summed E-state index contributed by atoms with van der Waals surface area (Å²) >= 11 is 7.47. The summed E-state index contributed by atoms with van der Waals surface area (Å²) < 4.78 is 0. The number of halogens is 1. The molecule has 4 nitrogen and oxygen atoms in total. The highest BCUT2D eigenvalue weighted by Gasteiger charge is 2.17. The summed E-state index contributed by atoms with van der Waals surface area (Å²) in [5.41, 5.74) is 0.426. The van der Waals surface area contributed by atoms with Gasteiger partial charge in [0.05, 0.1) is 11.6 Å². The third-order valence-electron chi connectivity index (χ3n) is 2.98. The Bertz CT molecular complexity index is 569. The fourth-order valence-electron chi connectivity index (χ4n) is 1.83. The fraction of sp³-hybridized carbons (Fsp3) is 0.333. The van der Waals surface area contributed by atoms with Gasteiger partial charge in [-0.3, -0.25) is 4.79 Å². The SMILES string of the molecule is CN(C)CCN(Cc1cccs1)C(=O)c1ccc(Cl)cn1. The molecule has 0 aliphatic rings. The van der Waals surface area contributed by atoms with Gasteiger partial charge >= 0.3 is 0 Å². The van der Waals surface area contributed by atoms with Crippen LogP contribution in [0.3, 0.4) is 0 Å². The van der Waals surface area contributed by atoms with Gasteiger partial charge in [0.15, 0.2) is 0 Å². The second-order valence-electron chi connectivity index (χ2n) is 4.97. The van der Waals surface area contributed by atoms with Gasteiger partial charge in [-0.1, -0.05) is 17.7 Å². The predicted molar refractivity (Wildman–Crippen MR) is 86.9 cm³/mol. The number of carbonyl (C=O) groups is 1. The Hall–Kier alpha value is -1.43. The van der Waals surface area contributed by atoms with Crippen molar-refractivity contribution in [3.63, 3.8) is 0 Å². The van der Waals surface area contributed by atoms with Gasteiger partial charge in [-0.15, -0.1) is 11.3 Å². The zero-order chi connectivity index (χ0) is 15.2. The molecule has 2 heterocycles. The van der Waals surface area contributed by atoms with Crippen molar-refractivity contribution >= 4 is 28.8 Å². The Kier molecular flexibility index (Phi) is 5.73. The van der Waals surface area contributed by atoms with Crippen LogP contribution >= 0.6 is 22.9 Å². The Morgan fingerprint density at radius 2 is 2.10 bits per heavy atom. The molecule has 0 saturated carbocycles. The Morgan fingerprint density at radius 1 is 1.29 bits per heavy atom. The number of carbonyl (C=O) groups excluding carboxylic acids is 1. The van der Waals surface area contributed by atoms with E-state index in [4.69, 9.17) is 11.6 Å². The number of aromatic nitrogens is 1. The maximum atomic E-state index is 12.6. The molecule has 2 rings (SSSR count). The minimum absolute atomic E-state index is 0.0677. The molecule has 112 valence electrons. The van der Waals surface area contributed by atoms with Gasteiger partial charge in [0, 0.05) is 24.2 Å². The molecule has 0 saturated heterocycles. The lowest BCUT2D eigenvalue weighted by molar-refractivity contribution is 0.0728.